The number of methoxy groups -OCH3 is 1. The highest BCUT2D eigenvalue weighted by Crippen LogP contribution is 2.38. The third-order valence-electron chi connectivity index (χ3n) is 7.80. The Kier molecular flexibility index (Phi) is 9.01. The third-order valence-corrected chi connectivity index (χ3v) is 8.10. The first-order valence-corrected chi connectivity index (χ1v) is 15.1. The molecule has 230 valence electrons. The number of halogens is 1. The molecule has 1 aromatic carbocycles. The number of morpholine rings is 1. The molecule has 1 saturated carbocycles. The summed E-state index contributed by atoms with van der Waals surface area (Å²) in [5.74, 6) is -0.222. The first kappa shape index (κ1) is 30.6. The van der Waals surface area contributed by atoms with Gasteiger partial charge in [-0.05, 0) is 71.6 Å². The standard InChI is InChI=1S/C30H42ClN5O6/c1-18-25(19(2)42-33-18)27-26-22(31)14-20(15-23(26)36(32-27)10-7-12-39-6)16-35(21-8-9-21)28(37)24-17-34(11-13-40-24)29(38)41-30(3,4)5/h14-15,19,21,24-25H,7-13,16-17H2,1-6H3/t19?,24-,25?/m1/s1. The summed E-state index contributed by atoms with van der Waals surface area (Å²) in [4.78, 5) is 35.5. The highest BCUT2D eigenvalue weighted by Gasteiger charge is 2.40. The molecule has 0 radical (unpaired) electrons. The van der Waals surface area contributed by atoms with Gasteiger partial charge in [0.15, 0.2) is 6.10 Å². The Morgan fingerprint density at radius 1 is 1.24 bits per heavy atom. The molecule has 3 atom stereocenters. The summed E-state index contributed by atoms with van der Waals surface area (Å²) < 4.78 is 18.7. The van der Waals surface area contributed by atoms with Gasteiger partial charge in [0.05, 0.1) is 41.0 Å². The largest absolute Gasteiger partial charge is 0.444 e. The molecule has 1 aromatic heterocycles. The Balaban J connectivity index is 1.40. The molecule has 2 fully saturated rings. The van der Waals surface area contributed by atoms with Gasteiger partial charge >= 0.3 is 6.09 Å². The molecular formula is C30H42ClN5O6. The lowest BCUT2D eigenvalue weighted by atomic mass is 9.93. The highest BCUT2D eigenvalue weighted by atomic mass is 35.5. The van der Waals surface area contributed by atoms with Crippen LogP contribution < -0.4 is 0 Å². The van der Waals surface area contributed by atoms with Crippen molar-refractivity contribution >= 4 is 40.2 Å². The van der Waals surface area contributed by atoms with Gasteiger partial charge in [-0.15, -0.1) is 0 Å². The van der Waals surface area contributed by atoms with Crippen LogP contribution in [0.15, 0.2) is 17.3 Å². The van der Waals surface area contributed by atoms with Gasteiger partial charge in [-0.2, -0.15) is 5.10 Å². The Hall–Kier alpha value is -2.89. The van der Waals surface area contributed by atoms with Crippen LogP contribution in [0.2, 0.25) is 5.02 Å². The third kappa shape index (κ3) is 6.68. The van der Waals surface area contributed by atoms with Gasteiger partial charge < -0.3 is 28.8 Å². The molecule has 2 amide bonds. The van der Waals surface area contributed by atoms with Crippen molar-refractivity contribution in [2.45, 2.75) is 96.7 Å². The molecule has 2 unspecified atom stereocenters. The van der Waals surface area contributed by atoms with Crippen LogP contribution in [0.3, 0.4) is 0 Å². The monoisotopic (exact) mass is 603 g/mol. The summed E-state index contributed by atoms with van der Waals surface area (Å²) in [6.07, 6.45) is 1.33. The normalized spacial score (nSPS) is 22.7. The Morgan fingerprint density at radius 2 is 2.00 bits per heavy atom. The quantitative estimate of drug-likeness (QED) is 0.381. The zero-order valence-corrected chi connectivity index (χ0v) is 26.1. The highest BCUT2D eigenvalue weighted by molar-refractivity contribution is 6.36. The molecule has 42 heavy (non-hydrogen) atoms. The number of amides is 2. The Morgan fingerprint density at radius 3 is 2.64 bits per heavy atom. The van der Waals surface area contributed by atoms with E-state index >= 15 is 0 Å². The number of benzene rings is 1. The summed E-state index contributed by atoms with van der Waals surface area (Å²) >= 11 is 6.98. The number of hydrogen-bond donors (Lipinski definition) is 0. The van der Waals surface area contributed by atoms with Crippen molar-refractivity contribution in [2.75, 3.05) is 33.4 Å². The summed E-state index contributed by atoms with van der Waals surface area (Å²) in [7, 11) is 1.69. The maximum Gasteiger partial charge on any atom is 0.410 e. The topological polar surface area (TPSA) is 108 Å². The minimum atomic E-state index is -0.747. The number of rotatable bonds is 9. The van der Waals surface area contributed by atoms with Gasteiger partial charge in [0.2, 0.25) is 0 Å². The number of aromatic nitrogens is 2. The molecule has 3 aliphatic rings. The van der Waals surface area contributed by atoms with E-state index < -0.39 is 17.8 Å². The molecule has 0 spiro atoms. The summed E-state index contributed by atoms with van der Waals surface area (Å²) in [6.45, 7) is 11.9. The van der Waals surface area contributed by atoms with Gasteiger partial charge in [0, 0.05) is 44.8 Å². The first-order chi connectivity index (χ1) is 20.0. The van der Waals surface area contributed by atoms with Crippen molar-refractivity contribution in [3.05, 3.63) is 28.4 Å². The number of aryl methyl sites for hydroxylation is 1. The molecular weight excluding hydrogens is 562 g/mol. The number of fused-ring (bicyclic) bond motifs is 1. The van der Waals surface area contributed by atoms with Gasteiger partial charge in [-0.25, -0.2) is 4.79 Å². The smallest absolute Gasteiger partial charge is 0.410 e. The van der Waals surface area contributed by atoms with E-state index in [1.165, 1.54) is 0 Å². The number of hydrogen-bond acceptors (Lipinski definition) is 8. The second-order valence-electron chi connectivity index (χ2n) is 12.4. The fourth-order valence-corrected chi connectivity index (χ4v) is 6.00. The van der Waals surface area contributed by atoms with Gasteiger partial charge in [0.1, 0.15) is 11.7 Å². The maximum absolute atomic E-state index is 13.8. The predicted octanol–water partition coefficient (Wildman–Crippen LogP) is 4.73. The summed E-state index contributed by atoms with van der Waals surface area (Å²) in [6, 6.07) is 4.14. The molecule has 1 saturated heterocycles. The van der Waals surface area contributed by atoms with Crippen molar-refractivity contribution in [3.63, 3.8) is 0 Å². The number of oxime groups is 1. The van der Waals surface area contributed by atoms with Gasteiger partial charge in [-0.3, -0.25) is 9.48 Å². The second kappa shape index (κ2) is 12.4. The Labute approximate surface area is 252 Å². The van der Waals surface area contributed by atoms with Crippen LogP contribution >= 0.6 is 11.6 Å². The fourth-order valence-electron chi connectivity index (χ4n) is 5.67. The van der Waals surface area contributed by atoms with Gasteiger partial charge in [0.25, 0.3) is 5.91 Å². The summed E-state index contributed by atoms with van der Waals surface area (Å²) in [5.41, 5.74) is 2.91. The average molecular weight is 604 g/mol. The zero-order valence-electron chi connectivity index (χ0n) is 25.4. The van der Waals surface area contributed by atoms with E-state index in [1.807, 2.05) is 50.3 Å². The van der Waals surface area contributed by atoms with Crippen LogP contribution in [0, 0.1) is 0 Å². The van der Waals surface area contributed by atoms with Crippen molar-refractivity contribution in [2.24, 2.45) is 5.16 Å². The van der Waals surface area contributed by atoms with E-state index in [1.54, 1.807) is 12.0 Å². The van der Waals surface area contributed by atoms with Crippen molar-refractivity contribution in [3.8, 4) is 0 Å². The van der Waals surface area contributed by atoms with E-state index in [4.69, 9.17) is 35.7 Å². The van der Waals surface area contributed by atoms with E-state index in [0.29, 0.717) is 31.3 Å². The van der Waals surface area contributed by atoms with Crippen molar-refractivity contribution < 1.29 is 28.6 Å². The molecule has 1 aliphatic carbocycles. The molecule has 11 nitrogen and oxygen atoms in total. The second-order valence-corrected chi connectivity index (χ2v) is 12.8. The molecule has 0 bridgehead atoms. The molecule has 3 heterocycles. The minimum Gasteiger partial charge on any atom is -0.444 e. The predicted molar refractivity (Wildman–Crippen MR) is 159 cm³/mol. The lowest BCUT2D eigenvalue weighted by Gasteiger charge is -2.36. The lowest BCUT2D eigenvalue weighted by Crippen LogP contribution is -2.53. The van der Waals surface area contributed by atoms with E-state index in [-0.39, 0.29) is 37.1 Å². The minimum absolute atomic E-state index is 0.0968. The first-order valence-electron chi connectivity index (χ1n) is 14.7. The molecule has 5 rings (SSSR count). The molecule has 12 heteroatoms. The Bertz CT molecular complexity index is 1350. The van der Waals surface area contributed by atoms with Crippen LogP contribution in [0.5, 0.6) is 0 Å². The molecule has 2 aliphatic heterocycles. The summed E-state index contributed by atoms with van der Waals surface area (Å²) in [5, 5.41) is 10.6. The fraction of sp³-hybridized carbons (Fsp3) is 0.667. The number of carbonyl (C=O) groups excluding carboxylic acids is 2. The van der Waals surface area contributed by atoms with Crippen LogP contribution in [-0.4, -0.2) is 94.6 Å². The van der Waals surface area contributed by atoms with E-state index in [9.17, 15) is 9.59 Å². The zero-order chi connectivity index (χ0) is 30.2. The molecule has 0 N–H and O–H groups in total. The SMILES string of the molecule is COCCCn1nc(C2C(C)=NOC2C)c2c(Cl)cc(CN(C(=O)[C@H]3CN(C(=O)OC(C)(C)C)CCO3)C3CC3)cc21. The van der Waals surface area contributed by atoms with Crippen LogP contribution in [0.25, 0.3) is 10.9 Å². The number of ether oxygens (including phenoxy) is 3. The number of carbonyl (C=O) groups is 2. The van der Waals surface area contributed by atoms with Gasteiger partial charge in [-0.1, -0.05) is 16.8 Å². The van der Waals surface area contributed by atoms with Crippen molar-refractivity contribution in [1.29, 1.82) is 0 Å². The van der Waals surface area contributed by atoms with E-state index in [2.05, 4.69) is 11.2 Å². The maximum atomic E-state index is 13.8. The van der Waals surface area contributed by atoms with Crippen LogP contribution in [-0.2, 0) is 36.9 Å². The average Bonchev–Trinajstić information content (AvgIpc) is 3.64. The van der Waals surface area contributed by atoms with Crippen molar-refractivity contribution in [1.82, 2.24) is 19.6 Å². The lowest BCUT2D eigenvalue weighted by molar-refractivity contribution is -0.150. The van der Waals surface area contributed by atoms with Crippen LogP contribution in [0.4, 0.5) is 4.79 Å². The molecule has 2 aromatic rings. The van der Waals surface area contributed by atoms with Crippen LogP contribution in [0.1, 0.15) is 71.1 Å². The number of nitrogens with zero attached hydrogens (tertiary/aromatic N) is 5. The van der Waals surface area contributed by atoms with E-state index in [0.717, 1.165) is 47.1 Å².